The van der Waals surface area contributed by atoms with E-state index >= 15 is 0 Å². The van der Waals surface area contributed by atoms with Crippen molar-refractivity contribution in [1.29, 1.82) is 0 Å². The van der Waals surface area contributed by atoms with Crippen LogP contribution in [0.2, 0.25) is 0 Å². The lowest BCUT2D eigenvalue weighted by Gasteiger charge is -2.10. The predicted molar refractivity (Wildman–Crippen MR) is 108 cm³/mol. The van der Waals surface area contributed by atoms with Crippen molar-refractivity contribution in [3.8, 4) is 33.3 Å². The summed E-state index contributed by atoms with van der Waals surface area (Å²) in [5.41, 5.74) is 5.63. The monoisotopic (exact) mass is 368 g/mol. The molecule has 0 aliphatic rings. The number of methoxy groups -OCH3 is 1. The van der Waals surface area contributed by atoms with Crippen LogP contribution in [0.5, 0.6) is 11.5 Å². The van der Waals surface area contributed by atoms with Crippen LogP contribution >= 0.6 is 11.3 Å². The average Bonchev–Trinajstić information content (AvgIpc) is 3.23. The molecule has 0 fully saturated rings. The van der Waals surface area contributed by atoms with Crippen molar-refractivity contribution >= 4 is 11.3 Å². The first-order chi connectivity index (χ1) is 12.6. The minimum atomic E-state index is 0.609. The molecule has 0 saturated carbocycles. The number of aromatic nitrogens is 2. The van der Waals surface area contributed by atoms with Crippen LogP contribution in [-0.4, -0.2) is 23.3 Å². The van der Waals surface area contributed by atoms with Crippen LogP contribution in [0.4, 0.5) is 0 Å². The minimum Gasteiger partial charge on any atom is -0.493 e. The second-order valence-corrected chi connectivity index (χ2v) is 6.88. The summed E-state index contributed by atoms with van der Waals surface area (Å²) in [5, 5.41) is 3.08. The number of rotatable bonds is 7. The number of benzene rings is 1. The number of nitrogens with zero attached hydrogens (tertiary/aromatic N) is 2. The Morgan fingerprint density at radius 3 is 2.73 bits per heavy atom. The molecule has 26 heavy (non-hydrogen) atoms. The summed E-state index contributed by atoms with van der Waals surface area (Å²) in [6.07, 6.45) is 1.92. The molecule has 3 rings (SSSR count). The fourth-order valence-electron chi connectivity index (χ4n) is 3.08. The summed E-state index contributed by atoms with van der Waals surface area (Å²) in [6, 6.07) is 8.14. The van der Waals surface area contributed by atoms with Gasteiger partial charge in [-0.1, -0.05) is 6.08 Å². The third-order valence-corrected chi connectivity index (χ3v) is 5.27. The van der Waals surface area contributed by atoms with Crippen molar-refractivity contribution in [3.05, 3.63) is 53.7 Å². The van der Waals surface area contributed by atoms with Gasteiger partial charge in [0.05, 0.1) is 19.4 Å². The van der Waals surface area contributed by atoms with Gasteiger partial charge in [-0.25, -0.2) is 4.98 Å². The van der Waals surface area contributed by atoms with E-state index < -0.39 is 0 Å². The molecule has 0 aliphatic heterocycles. The van der Waals surface area contributed by atoms with Crippen LogP contribution in [0.25, 0.3) is 21.8 Å². The molecule has 0 bridgehead atoms. The molecule has 3 aromatic rings. The van der Waals surface area contributed by atoms with Crippen LogP contribution in [0.1, 0.15) is 18.3 Å². The largest absolute Gasteiger partial charge is 0.493 e. The van der Waals surface area contributed by atoms with E-state index in [-0.39, 0.29) is 0 Å². The van der Waals surface area contributed by atoms with Gasteiger partial charge in [0.15, 0.2) is 11.5 Å². The first-order valence-corrected chi connectivity index (χ1v) is 9.51. The molecule has 0 atom stereocenters. The summed E-state index contributed by atoms with van der Waals surface area (Å²) >= 11 is 1.64. The van der Waals surface area contributed by atoms with Gasteiger partial charge in [-0.05, 0) is 45.0 Å². The lowest BCUT2D eigenvalue weighted by atomic mass is 10.2. The van der Waals surface area contributed by atoms with E-state index in [1.165, 1.54) is 17.0 Å². The van der Waals surface area contributed by atoms with Crippen molar-refractivity contribution < 1.29 is 9.47 Å². The molecule has 4 nitrogen and oxygen atoms in total. The highest BCUT2D eigenvalue weighted by Crippen LogP contribution is 2.36. The molecular weight excluding hydrogens is 344 g/mol. The zero-order valence-electron chi connectivity index (χ0n) is 15.7. The molecule has 2 heterocycles. The van der Waals surface area contributed by atoms with Gasteiger partial charge in [0, 0.05) is 34.4 Å². The third kappa shape index (κ3) is 3.40. The molecular formula is C21H24N2O2S. The summed E-state index contributed by atoms with van der Waals surface area (Å²) in [5.74, 6) is 1.48. The van der Waals surface area contributed by atoms with Crippen molar-refractivity contribution in [2.75, 3.05) is 13.7 Å². The van der Waals surface area contributed by atoms with Gasteiger partial charge in [-0.2, -0.15) is 0 Å². The Morgan fingerprint density at radius 1 is 1.23 bits per heavy atom. The summed E-state index contributed by atoms with van der Waals surface area (Å²) < 4.78 is 13.3. The van der Waals surface area contributed by atoms with E-state index in [1.807, 2.05) is 31.2 Å². The number of hydrogen-bond donors (Lipinski definition) is 0. The second kappa shape index (κ2) is 7.79. The zero-order valence-corrected chi connectivity index (χ0v) is 16.5. The van der Waals surface area contributed by atoms with Gasteiger partial charge in [0.2, 0.25) is 0 Å². The Labute approximate surface area is 158 Å². The van der Waals surface area contributed by atoms with Crippen molar-refractivity contribution in [2.45, 2.75) is 27.3 Å². The standard InChI is InChI=1S/C21H24N2O2S/c1-6-10-23-14(3)11-17(15(23)4)18-13-26-21(22-18)16-8-9-19(25-7-2)20(12-16)24-5/h6,8-9,11-13H,1,7,10H2,2-5H3. The Hall–Kier alpha value is -2.53. The van der Waals surface area contributed by atoms with Crippen molar-refractivity contribution in [1.82, 2.24) is 9.55 Å². The maximum Gasteiger partial charge on any atom is 0.161 e. The van der Waals surface area contributed by atoms with Crippen LogP contribution < -0.4 is 9.47 Å². The van der Waals surface area contributed by atoms with Gasteiger partial charge < -0.3 is 14.0 Å². The predicted octanol–water partition coefficient (Wildman–Crippen LogP) is 5.49. The Balaban J connectivity index is 1.96. The van der Waals surface area contributed by atoms with Crippen LogP contribution in [0.15, 0.2) is 42.3 Å². The Kier molecular flexibility index (Phi) is 5.47. The van der Waals surface area contributed by atoms with Gasteiger partial charge in [0.25, 0.3) is 0 Å². The molecule has 0 spiro atoms. The summed E-state index contributed by atoms with van der Waals surface area (Å²) in [7, 11) is 1.66. The highest BCUT2D eigenvalue weighted by Gasteiger charge is 2.15. The molecule has 0 radical (unpaired) electrons. The molecule has 1 aromatic carbocycles. The number of ether oxygens (including phenoxy) is 2. The van der Waals surface area contributed by atoms with Gasteiger partial charge >= 0.3 is 0 Å². The average molecular weight is 369 g/mol. The first kappa shape index (κ1) is 18.3. The molecule has 136 valence electrons. The maximum atomic E-state index is 5.60. The smallest absolute Gasteiger partial charge is 0.161 e. The highest BCUT2D eigenvalue weighted by atomic mass is 32.1. The highest BCUT2D eigenvalue weighted by molar-refractivity contribution is 7.13. The van der Waals surface area contributed by atoms with Crippen molar-refractivity contribution in [2.24, 2.45) is 0 Å². The molecule has 0 unspecified atom stereocenters. The minimum absolute atomic E-state index is 0.609. The number of allylic oxidation sites excluding steroid dienone is 1. The maximum absolute atomic E-state index is 5.60. The molecule has 2 aromatic heterocycles. The van der Waals surface area contributed by atoms with E-state index in [4.69, 9.17) is 14.5 Å². The molecule has 0 N–H and O–H groups in total. The lowest BCUT2D eigenvalue weighted by Crippen LogP contribution is -1.99. The van der Waals surface area contributed by atoms with Crippen LogP contribution in [0.3, 0.4) is 0 Å². The summed E-state index contributed by atoms with van der Waals surface area (Å²) in [4.78, 5) is 4.86. The number of aryl methyl sites for hydroxylation is 1. The van der Waals surface area contributed by atoms with E-state index in [1.54, 1.807) is 18.4 Å². The molecule has 0 amide bonds. The third-order valence-electron chi connectivity index (χ3n) is 4.38. The fourth-order valence-corrected chi connectivity index (χ4v) is 3.89. The SMILES string of the molecule is C=CCn1c(C)cc(-c2csc(-c3ccc(OCC)c(OC)c3)n2)c1C. The first-order valence-electron chi connectivity index (χ1n) is 8.63. The van der Waals surface area contributed by atoms with Crippen LogP contribution in [-0.2, 0) is 6.54 Å². The zero-order chi connectivity index (χ0) is 18.7. The lowest BCUT2D eigenvalue weighted by molar-refractivity contribution is 0.311. The van der Waals surface area contributed by atoms with Gasteiger partial charge in [-0.3, -0.25) is 0 Å². The topological polar surface area (TPSA) is 36.3 Å². The number of hydrogen-bond acceptors (Lipinski definition) is 4. The van der Waals surface area contributed by atoms with E-state index in [0.717, 1.165) is 34.3 Å². The molecule has 5 heteroatoms. The van der Waals surface area contributed by atoms with E-state index in [9.17, 15) is 0 Å². The van der Waals surface area contributed by atoms with Crippen LogP contribution in [0, 0.1) is 13.8 Å². The Bertz CT molecular complexity index is 924. The van der Waals surface area contributed by atoms with Gasteiger partial charge in [-0.15, -0.1) is 17.9 Å². The second-order valence-electron chi connectivity index (χ2n) is 6.02. The van der Waals surface area contributed by atoms with Gasteiger partial charge in [0.1, 0.15) is 5.01 Å². The Morgan fingerprint density at radius 2 is 2.04 bits per heavy atom. The van der Waals surface area contributed by atoms with E-state index in [0.29, 0.717) is 6.61 Å². The number of thiazole rings is 1. The van der Waals surface area contributed by atoms with Crippen molar-refractivity contribution in [3.63, 3.8) is 0 Å². The molecule has 0 aliphatic carbocycles. The summed E-state index contributed by atoms with van der Waals surface area (Å²) in [6.45, 7) is 11.5. The van der Waals surface area contributed by atoms with E-state index in [2.05, 4.69) is 36.4 Å². The fraction of sp³-hybridized carbons (Fsp3) is 0.286. The normalized spacial score (nSPS) is 10.8. The quantitative estimate of drug-likeness (QED) is 0.518. The molecule has 0 saturated heterocycles.